The fourth-order valence-corrected chi connectivity index (χ4v) is 8.53. The summed E-state index contributed by atoms with van der Waals surface area (Å²) in [5.74, 6) is -7.63. The van der Waals surface area contributed by atoms with Crippen molar-refractivity contribution in [3.63, 3.8) is 0 Å². The Morgan fingerprint density at radius 2 is 1.68 bits per heavy atom. The number of carboxylic acids is 1. The Bertz CT molecular complexity index is 2060. The lowest BCUT2D eigenvalue weighted by molar-refractivity contribution is -0.149. The molecule has 1 aliphatic heterocycles. The molecule has 346 valence electrons. The number of amides is 6. The molecule has 1 saturated carbocycles. The van der Waals surface area contributed by atoms with Gasteiger partial charge in [-0.05, 0) is 29.9 Å². The Morgan fingerprint density at radius 3 is 2.29 bits per heavy atom. The highest BCUT2D eigenvalue weighted by Gasteiger charge is 2.57. The number of aromatic nitrogens is 1. The maximum absolute atomic E-state index is 14.1. The number of benzene rings is 1. The molecule has 1 unspecified atom stereocenters. The minimum Gasteiger partial charge on any atom is -0.480 e. The monoisotopic (exact) mass is 901 g/mol. The van der Waals surface area contributed by atoms with Crippen LogP contribution < -0.4 is 38.1 Å². The lowest BCUT2D eigenvalue weighted by Gasteiger charge is -2.30. The SMILES string of the molecule is CC[C@H](C)[C@H](NC(=O)[C@@H]1C[C@@H](O)CN1C(=O)[C@H](CC(=O)OC)NC(=O)[C@H](CSc1[nH]c2ccccc2c1C[C@@H](N)C(=O)NCC(=O)NC1([C@@H](C)CC)CC1=O)NC(=O)CN)C(=O)O. The van der Waals surface area contributed by atoms with Crippen LogP contribution in [0.15, 0.2) is 29.3 Å². The lowest BCUT2D eigenvalue weighted by atomic mass is 9.96. The number of carbonyl (C=O) groups excluding carboxylic acids is 8. The van der Waals surface area contributed by atoms with E-state index in [9.17, 15) is 53.4 Å². The Balaban J connectivity index is 1.51. The van der Waals surface area contributed by atoms with Crippen molar-refractivity contribution in [2.75, 3.05) is 32.5 Å². The van der Waals surface area contributed by atoms with Gasteiger partial charge in [0.15, 0.2) is 5.78 Å². The van der Waals surface area contributed by atoms with Crippen molar-refractivity contribution in [3.05, 3.63) is 29.8 Å². The number of aliphatic hydroxyl groups excluding tert-OH is 1. The largest absolute Gasteiger partial charge is 0.480 e. The average molecular weight is 902 g/mol. The minimum absolute atomic E-state index is 0.0299. The maximum Gasteiger partial charge on any atom is 0.326 e. The molecule has 22 heteroatoms. The predicted molar refractivity (Wildman–Crippen MR) is 228 cm³/mol. The van der Waals surface area contributed by atoms with Crippen LogP contribution in [0.4, 0.5) is 0 Å². The Morgan fingerprint density at radius 1 is 1.00 bits per heavy atom. The smallest absolute Gasteiger partial charge is 0.326 e. The van der Waals surface area contributed by atoms with E-state index in [1.54, 1.807) is 38.1 Å². The Labute approximate surface area is 368 Å². The molecule has 63 heavy (non-hydrogen) atoms. The number of β-amino-alcohol motifs (C(OH)–C–C–N with tert-alkyl or cyclic N) is 1. The standard InChI is InChI=1S/C41H59N9O12S/c1-6-20(3)34(40(60)61)48-37(58)29-12-22(51)18-50(29)39(59)27(14-33(55)62-5)46-36(57)28(45-31(53)16-42)19-63-38-24(23-10-8-9-11-26(23)47-38)13-25(43)35(56)44-17-32(54)49-41(15-30(41)52)21(4)7-2/h8-11,20-22,25,27-29,34,47,51H,6-7,12-19,42-43H2,1-5H3,(H,44,56)(H,45,53)(H,46,57)(H,48,58)(H,49,54)(H,60,61)/t20-,21-,22+,25+,27-,28-,29-,34-,41?/m0/s1. The van der Waals surface area contributed by atoms with Crippen LogP contribution in [0.2, 0.25) is 0 Å². The summed E-state index contributed by atoms with van der Waals surface area (Å²) in [6.45, 7) is 5.88. The number of thioether (sulfide) groups is 1. The molecule has 0 radical (unpaired) electrons. The molecule has 4 rings (SSSR count). The van der Waals surface area contributed by atoms with E-state index in [1.165, 1.54) is 0 Å². The summed E-state index contributed by atoms with van der Waals surface area (Å²) >= 11 is 1.07. The number of carboxylic acid groups (broad SMARTS) is 1. The van der Waals surface area contributed by atoms with Gasteiger partial charge in [0.05, 0.1) is 43.8 Å². The van der Waals surface area contributed by atoms with Crippen LogP contribution in [0, 0.1) is 11.8 Å². The third-order valence-electron chi connectivity index (χ3n) is 11.7. The molecule has 1 aromatic carbocycles. The molecule has 9 atom stereocenters. The number of likely N-dealkylation sites (tertiary alicyclic amines) is 1. The number of nitrogens with zero attached hydrogens (tertiary/aromatic N) is 1. The zero-order chi connectivity index (χ0) is 46.8. The van der Waals surface area contributed by atoms with E-state index < -0.39 is 115 Å². The first kappa shape index (κ1) is 50.1. The van der Waals surface area contributed by atoms with Gasteiger partial charge in [0.25, 0.3) is 0 Å². The van der Waals surface area contributed by atoms with Gasteiger partial charge < -0.3 is 62.9 Å². The van der Waals surface area contributed by atoms with Crippen LogP contribution >= 0.6 is 11.8 Å². The number of aliphatic hydroxyl groups is 1. The van der Waals surface area contributed by atoms with Crippen molar-refractivity contribution >= 4 is 75.8 Å². The molecule has 2 fully saturated rings. The van der Waals surface area contributed by atoms with Gasteiger partial charge in [-0.3, -0.25) is 38.4 Å². The van der Waals surface area contributed by atoms with E-state index in [0.29, 0.717) is 34.3 Å². The van der Waals surface area contributed by atoms with Crippen molar-refractivity contribution in [2.24, 2.45) is 23.3 Å². The number of H-pyrrole nitrogens is 1. The molecule has 2 aromatic rings. The average Bonchev–Trinajstić information content (AvgIpc) is 3.54. The van der Waals surface area contributed by atoms with Crippen LogP contribution in [0.3, 0.4) is 0 Å². The third-order valence-corrected chi connectivity index (χ3v) is 12.8. The number of carbonyl (C=O) groups is 9. The zero-order valence-electron chi connectivity index (χ0n) is 36.0. The number of Topliss-reactive ketones (excluding diaryl/α,β-unsaturated/α-hetero) is 1. The number of rotatable bonds is 23. The number of methoxy groups -OCH3 is 1. The number of para-hydroxylation sites is 1. The molecule has 2 aliphatic rings. The second kappa shape index (κ2) is 22.2. The first-order valence-electron chi connectivity index (χ1n) is 20.8. The van der Waals surface area contributed by atoms with Gasteiger partial charge in [0.1, 0.15) is 29.7 Å². The molecule has 21 nitrogen and oxygen atoms in total. The Hall–Kier alpha value is -5.58. The van der Waals surface area contributed by atoms with Gasteiger partial charge in [-0.1, -0.05) is 58.7 Å². The van der Waals surface area contributed by atoms with Crippen LogP contribution in [0.5, 0.6) is 0 Å². The topological polar surface area (TPSA) is 335 Å². The summed E-state index contributed by atoms with van der Waals surface area (Å²) in [4.78, 5) is 121. The van der Waals surface area contributed by atoms with E-state index in [-0.39, 0.29) is 43.3 Å². The molecule has 1 aliphatic carbocycles. The maximum atomic E-state index is 14.1. The number of hydrogen-bond acceptors (Lipinski definition) is 14. The number of esters is 1. The Kier molecular flexibility index (Phi) is 17.6. The molecular weight excluding hydrogens is 843 g/mol. The van der Waals surface area contributed by atoms with E-state index >= 15 is 0 Å². The highest BCUT2D eigenvalue weighted by atomic mass is 32.2. The molecule has 0 bridgehead atoms. The highest BCUT2D eigenvalue weighted by Crippen LogP contribution is 2.39. The number of fused-ring (bicyclic) bond motifs is 1. The fraction of sp³-hybridized carbons (Fsp3) is 0.585. The second-order valence-electron chi connectivity index (χ2n) is 16.0. The number of nitrogens with two attached hydrogens (primary N) is 2. The quantitative estimate of drug-likeness (QED) is 0.0434. The summed E-state index contributed by atoms with van der Waals surface area (Å²) in [6.07, 6.45) is -0.848. The number of hydrogen-bond donors (Lipinski definition) is 10. The fourth-order valence-electron chi connectivity index (χ4n) is 7.41. The molecular formula is C41H59N9O12S. The van der Waals surface area contributed by atoms with Gasteiger partial charge in [0.2, 0.25) is 35.4 Å². The minimum atomic E-state index is -1.66. The highest BCUT2D eigenvalue weighted by molar-refractivity contribution is 7.99. The van der Waals surface area contributed by atoms with E-state index in [2.05, 4.69) is 31.6 Å². The number of ketones is 1. The van der Waals surface area contributed by atoms with Gasteiger partial charge in [-0.2, -0.15) is 0 Å². The van der Waals surface area contributed by atoms with E-state index in [0.717, 1.165) is 23.8 Å². The van der Waals surface area contributed by atoms with Crippen molar-refractivity contribution in [3.8, 4) is 0 Å². The van der Waals surface area contributed by atoms with Crippen molar-refractivity contribution in [1.82, 2.24) is 36.5 Å². The second-order valence-corrected chi connectivity index (χ2v) is 17.0. The van der Waals surface area contributed by atoms with Crippen molar-refractivity contribution < 1.29 is 58.1 Å². The number of aromatic amines is 1. The first-order valence-corrected chi connectivity index (χ1v) is 21.8. The summed E-state index contributed by atoms with van der Waals surface area (Å²) in [7, 11) is 1.06. The zero-order valence-corrected chi connectivity index (χ0v) is 36.8. The van der Waals surface area contributed by atoms with Crippen molar-refractivity contribution in [1.29, 1.82) is 0 Å². The third kappa shape index (κ3) is 12.5. The molecule has 0 spiro atoms. The summed E-state index contributed by atoms with van der Waals surface area (Å²) in [5.41, 5.74) is 12.2. The number of nitrogens with one attached hydrogen (secondary N) is 6. The van der Waals surface area contributed by atoms with Gasteiger partial charge in [0, 0.05) is 36.0 Å². The van der Waals surface area contributed by atoms with Crippen LogP contribution in [0.25, 0.3) is 10.9 Å². The van der Waals surface area contributed by atoms with Crippen LogP contribution in [0.1, 0.15) is 65.4 Å². The molecule has 12 N–H and O–H groups in total. The predicted octanol–water partition coefficient (Wildman–Crippen LogP) is -1.81. The number of ether oxygens (including phenoxy) is 1. The summed E-state index contributed by atoms with van der Waals surface area (Å²) in [6, 6.07) is 0.288. The molecule has 1 saturated heterocycles. The van der Waals surface area contributed by atoms with Gasteiger partial charge in [-0.15, -0.1) is 11.8 Å². The van der Waals surface area contributed by atoms with Crippen LogP contribution in [-0.2, 0) is 54.3 Å². The molecule has 2 heterocycles. The lowest BCUT2D eigenvalue weighted by Crippen LogP contribution is -2.59. The number of aliphatic carboxylic acids is 1. The van der Waals surface area contributed by atoms with E-state index in [4.69, 9.17) is 16.2 Å². The molecule has 1 aromatic heterocycles. The van der Waals surface area contributed by atoms with Gasteiger partial charge >= 0.3 is 11.9 Å². The summed E-state index contributed by atoms with van der Waals surface area (Å²) < 4.78 is 4.77. The summed E-state index contributed by atoms with van der Waals surface area (Å²) in [5, 5.41) is 34.2. The first-order chi connectivity index (χ1) is 29.8. The normalized spacial score (nSPS) is 21.0. The van der Waals surface area contributed by atoms with Gasteiger partial charge in [-0.25, -0.2) is 4.79 Å². The van der Waals surface area contributed by atoms with Crippen LogP contribution in [-0.4, -0.2) is 148 Å². The van der Waals surface area contributed by atoms with Crippen molar-refractivity contribution in [2.45, 2.75) is 113 Å². The van der Waals surface area contributed by atoms with E-state index in [1.807, 2.05) is 13.8 Å². The molecule has 6 amide bonds.